The van der Waals surface area contributed by atoms with E-state index in [4.69, 9.17) is 5.73 Å². The molecule has 1 fully saturated rings. The number of nitrogens with one attached hydrogen (secondary N) is 1. The Balaban J connectivity index is 1.69. The number of likely N-dealkylation sites (tertiary alicyclic amines) is 1. The molecule has 4 nitrogen and oxygen atoms in total. The Morgan fingerprint density at radius 2 is 2.05 bits per heavy atom. The van der Waals surface area contributed by atoms with Crippen molar-refractivity contribution in [2.24, 2.45) is 5.92 Å². The summed E-state index contributed by atoms with van der Waals surface area (Å²) in [5.74, 6) is 0.864. The van der Waals surface area contributed by atoms with Crippen molar-refractivity contribution in [3.8, 4) is 0 Å². The van der Waals surface area contributed by atoms with Gasteiger partial charge in [-0.05, 0) is 56.5 Å². The number of nitrogen functional groups attached to an aromatic ring is 1. The van der Waals surface area contributed by atoms with E-state index >= 15 is 0 Å². The van der Waals surface area contributed by atoms with Crippen LogP contribution in [0, 0.1) is 5.92 Å². The first-order chi connectivity index (χ1) is 9.54. The van der Waals surface area contributed by atoms with Gasteiger partial charge in [0.2, 0.25) is 5.91 Å². The number of nitrogens with zero attached hydrogens (tertiary/aromatic N) is 1. The predicted molar refractivity (Wildman–Crippen MR) is 83.5 cm³/mol. The van der Waals surface area contributed by atoms with E-state index in [1.807, 2.05) is 12.1 Å². The van der Waals surface area contributed by atoms with Gasteiger partial charge in [0.15, 0.2) is 0 Å². The SMILES string of the molecule is CC1CC(C)N(CCCC(=O)Nc2ccc(N)cc2)C1. The molecule has 0 saturated carbocycles. The van der Waals surface area contributed by atoms with Crippen molar-refractivity contribution < 1.29 is 4.79 Å². The van der Waals surface area contributed by atoms with Crippen LogP contribution in [0.2, 0.25) is 0 Å². The molecule has 3 N–H and O–H groups in total. The van der Waals surface area contributed by atoms with Gasteiger partial charge < -0.3 is 16.0 Å². The standard InChI is InChI=1S/C16H25N3O/c1-12-10-13(2)19(11-12)9-3-4-16(20)18-15-7-5-14(17)6-8-15/h5-8,12-13H,3-4,9-11,17H2,1-2H3,(H,18,20). The second-order valence-electron chi connectivity index (χ2n) is 5.96. The highest BCUT2D eigenvalue weighted by Gasteiger charge is 2.25. The summed E-state index contributed by atoms with van der Waals surface area (Å²) in [6, 6.07) is 7.91. The van der Waals surface area contributed by atoms with Gasteiger partial charge >= 0.3 is 0 Å². The van der Waals surface area contributed by atoms with Gasteiger partial charge in [-0.15, -0.1) is 0 Å². The molecule has 1 aromatic carbocycles. The minimum Gasteiger partial charge on any atom is -0.399 e. The molecular formula is C16H25N3O. The minimum absolute atomic E-state index is 0.0784. The van der Waals surface area contributed by atoms with E-state index < -0.39 is 0 Å². The zero-order chi connectivity index (χ0) is 14.5. The smallest absolute Gasteiger partial charge is 0.224 e. The maximum absolute atomic E-state index is 11.9. The molecule has 2 atom stereocenters. The lowest BCUT2D eigenvalue weighted by molar-refractivity contribution is -0.116. The number of nitrogens with two attached hydrogens (primary N) is 1. The number of anilines is 2. The average Bonchev–Trinajstić information content (AvgIpc) is 2.71. The molecule has 1 heterocycles. The Kier molecular flexibility index (Phi) is 5.01. The van der Waals surface area contributed by atoms with Crippen LogP contribution in [-0.2, 0) is 4.79 Å². The molecule has 110 valence electrons. The number of amides is 1. The van der Waals surface area contributed by atoms with E-state index in [2.05, 4.69) is 24.1 Å². The largest absolute Gasteiger partial charge is 0.399 e. The molecule has 0 spiro atoms. The predicted octanol–water partition coefficient (Wildman–Crippen LogP) is 2.72. The third kappa shape index (κ3) is 4.23. The van der Waals surface area contributed by atoms with Crippen molar-refractivity contribution in [2.45, 2.75) is 39.2 Å². The van der Waals surface area contributed by atoms with E-state index in [-0.39, 0.29) is 5.91 Å². The van der Waals surface area contributed by atoms with Gasteiger partial charge in [0.1, 0.15) is 0 Å². The molecule has 20 heavy (non-hydrogen) atoms. The zero-order valence-corrected chi connectivity index (χ0v) is 12.4. The summed E-state index contributed by atoms with van der Waals surface area (Å²) in [4.78, 5) is 14.3. The van der Waals surface area contributed by atoms with E-state index in [0.717, 1.165) is 24.6 Å². The van der Waals surface area contributed by atoms with E-state index in [1.54, 1.807) is 12.1 Å². The van der Waals surface area contributed by atoms with Crippen molar-refractivity contribution in [3.05, 3.63) is 24.3 Å². The lowest BCUT2D eigenvalue weighted by Gasteiger charge is -2.20. The van der Waals surface area contributed by atoms with Gasteiger partial charge in [-0.2, -0.15) is 0 Å². The first kappa shape index (κ1) is 14.9. The van der Waals surface area contributed by atoms with Crippen LogP contribution in [0.15, 0.2) is 24.3 Å². The number of carbonyl (C=O) groups is 1. The number of carbonyl (C=O) groups excluding carboxylic acids is 1. The third-order valence-corrected chi connectivity index (χ3v) is 3.96. The van der Waals surface area contributed by atoms with Gasteiger partial charge in [0.05, 0.1) is 0 Å². The van der Waals surface area contributed by atoms with Gasteiger partial charge in [-0.3, -0.25) is 4.79 Å². The summed E-state index contributed by atoms with van der Waals surface area (Å²) in [6.07, 6.45) is 2.76. The number of rotatable bonds is 5. The molecule has 2 rings (SSSR count). The highest BCUT2D eigenvalue weighted by molar-refractivity contribution is 5.90. The van der Waals surface area contributed by atoms with Crippen molar-refractivity contribution >= 4 is 17.3 Å². The zero-order valence-electron chi connectivity index (χ0n) is 12.4. The van der Waals surface area contributed by atoms with Gasteiger partial charge in [-0.25, -0.2) is 0 Å². The minimum atomic E-state index is 0.0784. The molecule has 2 unspecified atom stereocenters. The van der Waals surface area contributed by atoms with E-state index in [1.165, 1.54) is 13.0 Å². The quantitative estimate of drug-likeness (QED) is 0.812. The highest BCUT2D eigenvalue weighted by Crippen LogP contribution is 2.22. The van der Waals surface area contributed by atoms with Crippen LogP contribution in [0.25, 0.3) is 0 Å². The molecule has 1 saturated heterocycles. The highest BCUT2D eigenvalue weighted by atomic mass is 16.1. The maximum atomic E-state index is 11.9. The summed E-state index contributed by atoms with van der Waals surface area (Å²) in [5, 5.41) is 2.90. The molecule has 0 aromatic heterocycles. The first-order valence-corrected chi connectivity index (χ1v) is 7.44. The molecule has 0 aliphatic carbocycles. The molecular weight excluding hydrogens is 250 g/mol. The Morgan fingerprint density at radius 3 is 2.65 bits per heavy atom. The van der Waals surface area contributed by atoms with Crippen LogP contribution in [0.5, 0.6) is 0 Å². The molecule has 1 aliphatic rings. The third-order valence-electron chi connectivity index (χ3n) is 3.96. The lowest BCUT2D eigenvalue weighted by atomic mass is 10.1. The summed E-state index contributed by atoms with van der Waals surface area (Å²) in [6.45, 7) is 6.75. The fraction of sp³-hybridized carbons (Fsp3) is 0.562. The molecule has 0 radical (unpaired) electrons. The Hall–Kier alpha value is -1.55. The van der Waals surface area contributed by atoms with Crippen molar-refractivity contribution in [3.63, 3.8) is 0 Å². The Labute approximate surface area is 121 Å². The van der Waals surface area contributed by atoms with Crippen LogP contribution in [0.1, 0.15) is 33.1 Å². The van der Waals surface area contributed by atoms with Crippen LogP contribution < -0.4 is 11.1 Å². The number of benzene rings is 1. The van der Waals surface area contributed by atoms with Crippen molar-refractivity contribution in [1.29, 1.82) is 0 Å². The molecule has 1 aromatic rings. The Morgan fingerprint density at radius 1 is 1.35 bits per heavy atom. The fourth-order valence-electron chi connectivity index (χ4n) is 2.93. The summed E-state index contributed by atoms with van der Waals surface area (Å²) in [5.41, 5.74) is 7.13. The lowest BCUT2D eigenvalue weighted by Crippen LogP contribution is -2.28. The van der Waals surface area contributed by atoms with Crippen LogP contribution >= 0.6 is 0 Å². The van der Waals surface area contributed by atoms with Gasteiger partial charge in [0.25, 0.3) is 0 Å². The Bertz CT molecular complexity index is 444. The van der Waals surface area contributed by atoms with Crippen molar-refractivity contribution in [2.75, 3.05) is 24.1 Å². The number of hydrogen-bond donors (Lipinski definition) is 2. The molecule has 1 amide bonds. The topological polar surface area (TPSA) is 58.4 Å². The number of hydrogen-bond acceptors (Lipinski definition) is 3. The summed E-state index contributed by atoms with van der Waals surface area (Å²) in [7, 11) is 0. The first-order valence-electron chi connectivity index (χ1n) is 7.44. The van der Waals surface area contributed by atoms with Gasteiger partial charge in [-0.1, -0.05) is 6.92 Å². The van der Waals surface area contributed by atoms with E-state index in [0.29, 0.717) is 18.2 Å². The van der Waals surface area contributed by atoms with E-state index in [9.17, 15) is 4.79 Å². The summed E-state index contributed by atoms with van der Waals surface area (Å²) < 4.78 is 0. The average molecular weight is 275 g/mol. The monoisotopic (exact) mass is 275 g/mol. The fourth-order valence-corrected chi connectivity index (χ4v) is 2.93. The maximum Gasteiger partial charge on any atom is 0.224 e. The molecule has 1 aliphatic heterocycles. The van der Waals surface area contributed by atoms with Crippen molar-refractivity contribution in [1.82, 2.24) is 4.90 Å². The molecule has 0 bridgehead atoms. The van der Waals surface area contributed by atoms with Crippen LogP contribution in [-0.4, -0.2) is 29.9 Å². The van der Waals surface area contributed by atoms with Gasteiger partial charge in [0, 0.05) is 30.4 Å². The summed E-state index contributed by atoms with van der Waals surface area (Å²) >= 11 is 0. The van der Waals surface area contributed by atoms with Crippen LogP contribution in [0.4, 0.5) is 11.4 Å². The normalized spacial score (nSPS) is 22.9. The second-order valence-corrected chi connectivity index (χ2v) is 5.96. The second kappa shape index (κ2) is 6.75. The molecule has 4 heteroatoms. The van der Waals surface area contributed by atoms with Crippen LogP contribution in [0.3, 0.4) is 0 Å².